The minimum absolute atomic E-state index is 0.117. The third-order valence-corrected chi connectivity index (χ3v) is 4.66. The molecule has 1 amide bonds. The highest BCUT2D eigenvalue weighted by molar-refractivity contribution is 7.07. The summed E-state index contributed by atoms with van der Waals surface area (Å²) in [5, 5.41) is 11.8. The summed E-state index contributed by atoms with van der Waals surface area (Å²) < 4.78 is 1.95. The molecule has 3 heterocycles. The second-order valence-electron chi connectivity index (χ2n) is 5.76. The third kappa shape index (κ3) is 3.53. The number of likely N-dealkylation sites (N-methyl/N-ethyl adjacent to an activating group) is 1. The summed E-state index contributed by atoms with van der Waals surface area (Å²) in [6, 6.07) is 2.34. The fourth-order valence-electron chi connectivity index (χ4n) is 2.71. The van der Waals surface area contributed by atoms with Crippen molar-refractivity contribution in [2.75, 3.05) is 13.6 Å². The number of amides is 1. The zero-order chi connectivity index (χ0) is 15.5. The van der Waals surface area contributed by atoms with Gasteiger partial charge in [0.15, 0.2) is 0 Å². The van der Waals surface area contributed by atoms with Gasteiger partial charge in [-0.05, 0) is 35.7 Å². The van der Waals surface area contributed by atoms with Crippen LogP contribution in [-0.4, -0.2) is 45.2 Å². The molecule has 7 heteroatoms. The largest absolute Gasteiger partial charge is 0.340 e. The van der Waals surface area contributed by atoms with Crippen LogP contribution in [0.4, 0.5) is 0 Å². The fourth-order valence-corrected chi connectivity index (χ4v) is 3.37. The van der Waals surface area contributed by atoms with Gasteiger partial charge in [-0.1, -0.05) is 0 Å². The maximum Gasteiger partial charge on any atom is 0.236 e. The number of fused-ring (bicyclic) bond motifs is 1. The molecule has 0 unspecified atom stereocenters. The molecule has 1 aliphatic rings. The Morgan fingerprint density at radius 1 is 1.59 bits per heavy atom. The summed E-state index contributed by atoms with van der Waals surface area (Å²) in [7, 11) is 1.85. The number of nitrogens with zero attached hydrogens (tertiary/aromatic N) is 4. The molecule has 0 saturated carbocycles. The first-order valence-corrected chi connectivity index (χ1v) is 8.45. The SMILES string of the molecule is Cc1nc2n(n1)C[C@@H](NCC(=O)N(C)Cc1ccsc1)CC2. The van der Waals surface area contributed by atoms with Crippen molar-refractivity contribution < 1.29 is 4.79 Å². The van der Waals surface area contributed by atoms with E-state index in [0.717, 1.165) is 31.0 Å². The summed E-state index contributed by atoms with van der Waals surface area (Å²) in [5.74, 6) is 1.99. The Morgan fingerprint density at radius 2 is 2.45 bits per heavy atom. The number of hydrogen-bond donors (Lipinski definition) is 1. The summed E-state index contributed by atoms with van der Waals surface area (Å²) in [4.78, 5) is 18.4. The maximum atomic E-state index is 12.2. The van der Waals surface area contributed by atoms with Crippen molar-refractivity contribution >= 4 is 17.2 Å². The lowest BCUT2D eigenvalue weighted by Crippen LogP contribution is -2.43. The predicted octanol–water partition coefficient (Wildman–Crippen LogP) is 1.21. The first-order chi connectivity index (χ1) is 10.6. The van der Waals surface area contributed by atoms with Gasteiger partial charge in [-0.3, -0.25) is 4.79 Å². The molecule has 1 atom stereocenters. The highest BCUT2D eigenvalue weighted by atomic mass is 32.1. The van der Waals surface area contributed by atoms with Crippen LogP contribution in [0.15, 0.2) is 16.8 Å². The van der Waals surface area contributed by atoms with Crippen molar-refractivity contribution in [2.24, 2.45) is 0 Å². The van der Waals surface area contributed by atoms with Gasteiger partial charge in [0.05, 0.1) is 13.1 Å². The molecule has 3 rings (SSSR count). The molecule has 22 heavy (non-hydrogen) atoms. The zero-order valence-corrected chi connectivity index (χ0v) is 13.8. The molecule has 0 saturated heterocycles. The van der Waals surface area contributed by atoms with Gasteiger partial charge in [-0.15, -0.1) is 0 Å². The molecule has 2 aromatic heterocycles. The lowest BCUT2D eigenvalue weighted by Gasteiger charge is -2.24. The van der Waals surface area contributed by atoms with Gasteiger partial charge in [0.1, 0.15) is 11.6 Å². The van der Waals surface area contributed by atoms with E-state index in [-0.39, 0.29) is 11.9 Å². The minimum atomic E-state index is 0.117. The number of carbonyl (C=O) groups is 1. The molecule has 118 valence electrons. The summed E-state index contributed by atoms with van der Waals surface area (Å²) in [5.41, 5.74) is 1.18. The molecule has 0 spiro atoms. The zero-order valence-electron chi connectivity index (χ0n) is 13.0. The van der Waals surface area contributed by atoms with Gasteiger partial charge in [0.25, 0.3) is 0 Å². The van der Waals surface area contributed by atoms with Crippen molar-refractivity contribution in [2.45, 2.75) is 38.9 Å². The molecule has 0 aliphatic carbocycles. The van der Waals surface area contributed by atoms with Crippen LogP contribution >= 0.6 is 11.3 Å². The molecule has 6 nitrogen and oxygen atoms in total. The molecule has 2 aromatic rings. The third-order valence-electron chi connectivity index (χ3n) is 3.93. The monoisotopic (exact) mass is 319 g/mol. The summed E-state index contributed by atoms with van der Waals surface area (Å²) in [6.45, 7) is 3.74. The quantitative estimate of drug-likeness (QED) is 0.900. The maximum absolute atomic E-state index is 12.2. The highest BCUT2D eigenvalue weighted by Gasteiger charge is 2.21. The van der Waals surface area contributed by atoms with E-state index in [2.05, 4.69) is 26.8 Å². The van der Waals surface area contributed by atoms with Gasteiger partial charge < -0.3 is 10.2 Å². The van der Waals surface area contributed by atoms with E-state index in [1.54, 1.807) is 16.2 Å². The van der Waals surface area contributed by atoms with Crippen LogP contribution in [0.1, 0.15) is 23.6 Å². The van der Waals surface area contributed by atoms with E-state index in [9.17, 15) is 4.79 Å². The standard InChI is InChI=1S/C15H21N5OS/c1-11-17-14-4-3-13(9-20(14)18-11)16-7-15(21)19(2)8-12-5-6-22-10-12/h5-6,10,13,16H,3-4,7-9H2,1-2H3/t13-/m0/s1. The van der Waals surface area contributed by atoms with Crippen molar-refractivity contribution in [3.63, 3.8) is 0 Å². The molecular formula is C15H21N5OS. The van der Waals surface area contributed by atoms with Crippen molar-refractivity contribution in [1.82, 2.24) is 25.0 Å². The van der Waals surface area contributed by atoms with E-state index >= 15 is 0 Å². The molecular weight excluding hydrogens is 298 g/mol. The van der Waals surface area contributed by atoms with Gasteiger partial charge in [0.2, 0.25) is 5.91 Å². The topological polar surface area (TPSA) is 63.1 Å². The van der Waals surface area contributed by atoms with Gasteiger partial charge in [0, 0.05) is 26.1 Å². The fraction of sp³-hybridized carbons (Fsp3) is 0.533. The van der Waals surface area contributed by atoms with Crippen LogP contribution < -0.4 is 5.32 Å². The number of nitrogens with one attached hydrogen (secondary N) is 1. The van der Waals surface area contributed by atoms with Crippen LogP contribution in [-0.2, 0) is 24.3 Å². The summed E-state index contributed by atoms with van der Waals surface area (Å²) >= 11 is 1.66. The second-order valence-corrected chi connectivity index (χ2v) is 6.54. The van der Waals surface area contributed by atoms with Gasteiger partial charge >= 0.3 is 0 Å². The average Bonchev–Trinajstić information content (AvgIpc) is 3.12. The lowest BCUT2D eigenvalue weighted by atomic mass is 10.1. The lowest BCUT2D eigenvalue weighted by molar-refractivity contribution is -0.129. The number of aryl methyl sites for hydroxylation is 2. The van der Waals surface area contributed by atoms with Crippen molar-refractivity contribution in [3.05, 3.63) is 34.0 Å². The van der Waals surface area contributed by atoms with E-state index in [1.807, 2.05) is 24.0 Å². The van der Waals surface area contributed by atoms with Crippen LogP contribution in [0.3, 0.4) is 0 Å². The minimum Gasteiger partial charge on any atom is -0.340 e. The molecule has 1 N–H and O–H groups in total. The number of hydrogen-bond acceptors (Lipinski definition) is 5. The smallest absolute Gasteiger partial charge is 0.236 e. The normalized spacial score (nSPS) is 17.3. The first-order valence-electron chi connectivity index (χ1n) is 7.50. The van der Waals surface area contributed by atoms with E-state index in [1.165, 1.54) is 5.56 Å². The van der Waals surface area contributed by atoms with E-state index in [0.29, 0.717) is 13.1 Å². The molecule has 1 aliphatic heterocycles. The number of rotatable bonds is 5. The Morgan fingerprint density at radius 3 is 3.23 bits per heavy atom. The average molecular weight is 319 g/mol. The second kappa shape index (κ2) is 6.58. The van der Waals surface area contributed by atoms with Crippen LogP contribution in [0, 0.1) is 6.92 Å². The number of thiophene rings is 1. The van der Waals surface area contributed by atoms with Crippen molar-refractivity contribution in [3.8, 4) is 0 Å². The van der Waals surface area contributed by atoms with Crippen molar-refractivity contribution in [1.29, 1.82) is 0 Å². The number of carbonyl (C=O) groups excluding carboxylic acids is 1. The Balaban J connectivity index is 1.47. The molecule has 0 bridgehead atoms. The molecule has 0 radical (unpaired) electrons. The van der Waals surface area contributed by atoms with Gasteiger partial charge in [-0.2, -0.15) is 16.4 Å². The Labute approximate surface area is 134 Å². The van der Waals surface area contributed by atoms with Gasteiger partial charge in [-0.25, -0.2) is 9.67 Å². The highest BCUT2D eigenvalue weighted by Crippen LogP contribution is 2.13. The predicted molar refractivity (Wildman–Crippen MR) is 85.7 cm³/mol. The molecule has 0 fully saturated rings. The van der Waals surface area contributed by atoms with E-state index in [4.69, 9.17) is 0 Å². The van der Waals surface area contributed by atoms with Crippen LogP contribution in [0.2, 0.25) is 0 Å². The van der Waals surface area contributed by atoms with E-state index < -0.39 is 0 Å². The Hall–Kier alpha value is -1.73. The summed E-state index contributed by atoms with van der Waals surface area (Å²) in [6.07, 6.45) is 1.91. The molecule has 0 aromatic carbocycles. The Kier molecular flexibility index (Phi) is 4.54. The Bertz CT molecular complexity index is 636. The number of aromatic nitrogens is 3. The van der Waals surface area contributed by atoms with Crippen LogP contribution in [0.25, 0.3) is 0 Å². The first kappa shape index (κ1) is 15.2. The van der Waals surface area contributed by atoms with Crippen LogP contribution in [0.5, 0.6) is 0 Å².